The number of hydrogen-bond donors (Lipinski definition) is 1. The maximum atomic E-state index is 13.5. The van der Waals surface area contributed by atoms with Crippen molar-refractivity contribution in [2.75, 3.05) is 0 Å². The number of halogens is 1. The van der Waals surface area contributed by atoms with Crippen LogP contribution in [0.4, 0.5) is 4.39 Å². The van der Waals surface area contributed by atoms with Crippen LogP contribution in [0.15, 0.2) is 18.2 Å². The van der Waals surface area contributed by atoms with E-state index in [1.54, 1.807) is 26.1 Å². The van der Waals surface area contributed by atoms with E-state index in [0.29, 0.717) is 16.5 Å². The van der Waals surface area contributed by atoms with Gasteiger partial charge < -0.3 is 9.67 Å². The van der Waals surface area contributed by atoms with Gasteiger partial charge in [0.05, 0.1) is 5.52 Å². The third kappa shape index (κ3) is 1.21. The first-order valence-corrected chi connectivity index (χ1v) is 4.51. The van der Waals surface area contributed by atoms with Crippen LogP contribution in [0, 0.1) is 12.7 Å². The van der Waals surface area contributed by atoms with Gasteiger partial charge in [0.25, 0.3) is 0 Å². The van der Waals surface area contributed by atoms with Crippen molar-refractivity contribution in [3.05, 3.63) is 35.3 Å². The Morgan fingerprint density at radius 3 is 2.67 bits per heavy atom. The van der Waals surface area contributed by atoms with E-state index >= 15 is 0 Å². The molecular formula is C11H10FNO2. The lowest BCUT2D eigenvalue weighted by Crippen LogP contribution is -2.06. The average molecular weight is 207 g/mol. The smallest absolute Gasteiger partial charge is 0.352 e. The lowest BCUT2D eigenvalue weighted by Gasteiger charge is -1.99. The Labute approximate surface area is 85.7 Å². The number of aromatic nitrogens is 1. The Morgan fingerprint density at radius 2 is 2.13 bits per heavy atom. The Kier molecular flexibility index (Phi) is 2.00. The van der Waals surface area contributed by atoms with Crippen LogP contribution in [-0.4, -0.2) is 15.6 Å². The van der Waals surface area contributed by atoms with Crippen LogP contribution in [0.1, 0.15) is 16.1 Å². The minimum atomic E-state index is -1.04. The summed E-state index contributed by atoms with van der Waals surface area (Å²) in [6.07, 6.45) is 0. The van der Waals surface area contributed by atoms with Crippen LogP contribution in [0.3, 0.4) is 0 Å². The fourth-order valence-corrected chi connectivity index (χ4v) is 1.95. The van der Waals surface area contributed by atoms with Crippen molar-refractivity contribution < 1.29 is 14.3 Å². The van der Waals surface area contributed by atoms with Crippen molar-refractivity contribution in [3.63, 3.8) is 0 Å². The predicted octanol–water partition coefficient (Wildman–Crippen LogP) is 2.32. The van der Waals surface area contributed by atoms with Gasteiger partial charge >= 0.3 is 5.97 Å². The molecule has 15 heavy (non-hydrogen) atoms. The zero-order chi connectivity index (χ0) is 11.2. The molecule has 0 aliphatic heterocycles. The summed E-state index contributed by atoms with van der Waals surface area (Å²) in [4.78, 5) is 11.0. The van der Waals surface area contributed by atoms with Crippen molar-refractivity contribution in [2.45, 2.75) is 6.92 Å². The van der Waals surface area contributed by atoms with Gasteiger partial charge in [-0.2, -0.15) is 0 Å². The van der Waals surface area contributed by atoms with Gasteiger partial charge in [-0.25, -0.2) is 9.18 Å². The monoisotopic (exact) mass is 207 g/mol. The highest BCUT2D eigenvalue weighted by Crippen LogP contribution is 2.26. The van der Waals surface area contributed by atoms with E-state index in [9.17, 15) is 9.18 Å². The standard InChI is InChI=1S/C11H10FNO2/c1-6-7-4-3-5-8(12)10(7)13(2)9(6)11(14)15/h3-5H,1-2H3,(H,14,15). The molecule has 0 aliphatic rings. The Morgan fingerprint density at radius 1 is 1.47 bits per heavy atom. The second-order valence-corrected chi connectivity index (χ2v) is 3.47. The number of fused-ring (bicyclic) bond motifs is 1. The average Bonchev–Trinajstić information content (AvgIpc) is 2.40. The maximum absolute atomic E-state index is 13.5. The summed E-state index contributed by atoms with van der Waals surface area (Å²) in [5, 5.41) is 9.64. The van der Waals surface area contributed by atoms with E-state index in [1.165, 1.54) is 10.6 Å². The summed E-state index contributed by atoms with van der Waals surface area (Å²) in [7, 11) is 1.56. The highest BCUT2D eigenvalue weighted by molar-refractivity contribution is 5.98. The van der Waals surface area contributed by atoms with E-state index in [4.69, 9.17) is 5.11 Å². The first kappa shape index (κ1) is 9.71. The van der Waals surface area contributed by atoms with Crippen LogP contribution >= 0.6 is 0 Å². The summed E-state index contributed by atoms with van der Waals surface area (Å²) >= 11 is 0. The second kappa shape index (κ2) is 3.08. The molecule has 0 saturated heterocycles. The van der Waals surface area contributed by atoms with Gasteiger partial charge in [-0.05, 0) is 18.6 Å². The molecule has 1 N–H and O–H groups in total. The lowest BCUT2D eigenvalue weighted by atomic mass is 10.1. The molecule has 0 fully saturated rings. The van der Waals surface area contributed by atoms with Gasteiger partial charge in [0.2, 0.25) is 0 Å². The van der Waals surface area contributed by atoms with Crippen molar-refractivity contribution in [2.24, 2.45) is 7.05 Å². The molecule has 1 aromatic carbocycles. The number of nitrogens with zero attached hydrogens (tertiary/aromatic N) is 1. The zero-order valence-corrected chi connectivity index (χ0v) is 8.41. The Balaban J connectivity index is 2.98. The highest BCUT2D eigenvalue weighted by atomic mass is 19.1. The fourth-order valence-electron chi connectivity index (χ4n) is 1.95. The molecule has 0 atom stereocenters. The fraction of sp³-hybridized carbons (Fsp3) is 0.182. The molecule has 0 amide bonds. The largest absolute Gasteiger partial charge is 0.477 e. The minimum Gasteiger partial charge on any atom is -0.477 e. The van der Waals surface area contributed by atoms with Crippen LogP contribution < -0.4 is 0 Å². The van der Waals surface area contributed by atoms with E-state index in [1.807, 2.05) is 0 Å². The number of carbonyl (C=O) groups is 1. The van der Waals surface area contributed by atoms with Gasteiger partial charge in [-0.3, -0.25) is 0 Å². The number of aryl methyl sites for hydroxylation is 2. The summed E-state index contributed by atoms with van der Waals surface area (Å²) < 4.78 is 14.9. The molecule has 0 aliphatic carbocycles. The third-order valence-corrected chi connectivity index (χ3v) is 2.62. The molecular weight excluding hydrogens is 197 g/mol. The molecule has 1 aromatic heterocycles. The number of carboxylic acids is 1. The lowest BCUT2D eigenvalue weighted by molar-refractivity contribution is 0.0686. The van der Waals surface area contributed by atoms with Gasteiger partial charge in [0, 0.05) is 12.4 Å². The van der Waals surface area contributed by atoms with Crippen LogP contribution in [0.5, 0.6) is 0 Å². The normalized spacial score (nSPS) is 10.9. The molecule has 2 aromatic rings. The number of carboxylic acid groups (broad SMARTS) is 1. The Hall–Kier alpha value is -1.84. The molecule has 2 rings (SSSR count). The van der Waals surface area contributed by atoms with Crippen molar-refractivity contribution in [3.8, 4) is 0 Å². The molecule has 0 saturated carbocycles. The SMILES string of the molecule is Cc1c(C(=O)O)n(C)c2c(F)cccc12. The van der Waals surface area contributed by atoms with Gasteiger partial charge in [-0.15, -0.1) is 0 Å². The number of para-hydroxylation sites is 1. The van der Waals surface area contributed by atoms with E-state index in [-0.39, 0.29) is 5.69 Å². The predicted molar refractivity (Wildman–Crippen MR) is 54.6 cm³/mol. The molecule has 3 nitrogen and oxygen atoms in total. The van der Waals surface area contributed by atoms with E-state index in [2.05, 4.69) is 0 Å². The van der Waals surface area contributed by atoms with Gasteiger partial charge in [0.15, 0.2) is 0 Å². The molecule has 0 spiro atoms. The quantitative estimate of drug-likeness (QED) is 0.779. The number of benzene rings is 1. The maximum Gasteiger partial charge on any atom is 0.352 e. The first-order chi connectivity index (χ1) is 7.04. The van der Waals surface area contributed by atoms with Gasteiger partial charge in [-0.1, -0.05) is 12.1 Å². The van der Waals surface area contributed by atoms with Crippen molar-refractivity contribution in [1.29, 1.82) is 0 Å². The molecule has 1 heterocycles. The number of hydrogen-bond acceptors (Lipinski definition) is 1. The number of aromatic carboxylic acids is 1. The van der Waals surface area contributed by atoms with Crippen LogP contribution in [0.25, 0.3) is 10.9 Å². The zero-order valence-electron chi connectivity index (χ0n) is 8.41. The molecule has 0 unspecified atom stereocenters. The summed E-state index contributed by atoms with van der Waals surface area (Å²) in [6.45, 7) is 1.69. The second-order valence-electron chi connectivity index (χ2n) is 3.47. The van der Waals surface area contributed by atoms with Crippen molar-refractivity contribution in [1.82, 2.24) is 4.57 Å². The minimum absolute atomic E-state index is 0.134. The van der Waals surface area contributed by atoms with Gasteiger partial charge in [0.1, 0.15) is 11.5 Å². The topological polar surface area (TPSA) is 42.2 Å². The summed E-state index contributed by atoms with van der Waals surface area (Å²) in [6, 6.07) is 4.63. The molecule has 4 heteroatoms. The van der Waals surface area contributed by atoms with E-state index in [0.717, 1.165) is 0 Å². The highest BCUT2D eigenvalue weighted by Gasteiger charge is 2.18. The Bertz CT molecular complexity index is 557. The molecule has 0 bridgehead atoms. The first-order valence-electron chi connectivity index (χ1n) is 4.51. The number of rotatable bonds is 1. The molecule has 0 radical (unpaired) electrons. The molecule has 78 valence electrons. The van der Waals surface area contributed by atoms with Crippen LogP contribution in [0.2, 0.25) is 0 Å². The summed E-state index contributed by atoms with van der Waals surface area (Å²) in [5.41, 5.74) is 1.07. The third-order valence-electron chi connectivity index (χ3n) is 2.62. The van der Waals surface area contributed by atoms with Crippen molar-refractivity contribution >= 4 is 16.9 Å². The van der Waals surface area contributed by atoms with Crippen LogP contribution in [-0.2, 0) is 7.05 Å². The summed E-state index contributed by atoms with van der Waals surface area (Å²) in [5.74, 6) is -1.43. The van der Waals surface area contributed by atoms with E-state index < -0.39 is 11.8 Å².